The van der Waals surface area contributed by atoms with Gasteiger partial charge in [0.25, 0.3) is 0 Å². The van der Waals surface area contributed by atoms with Gasteiger partial charge in [-0.1, -0.05) is 6.92 Å². The molecular formula is C9H12ClNO. The highest BCUT2D eigenvalue weighted by Crippen LogP contribution is 2.41. The van der Waals surface area contributed by atoms with Crippen molar-refractivity contribution in [3.63, 3.8) is 0 Å². The number of rotatable bonds is 2. The third-order valence-corrected chi connectivity index (χ3v) is 2.69. The van der Waals surface area contributed by atoms with Crippen LogP contribution in [0.25, 0.3) is 0 Å². The minimum Gasteiger partial charge on any atom is -0.444 e. The molecule has 2 nitrogen and oxygen atoms in total. The van der Waals surface area contributed by atoms with Crippen molar-refractivity contribution in [2.75, 3.05) is 0 Å². The van der Waals surface area contributed by atoms with Crippen molar-refractivity contribution in [3.8, 4) is 0 Å². The van der Waals surface area contributed by atoms with Crippen LogP contribution in [0.2, 0.25) is 0 Å². The van der Waals surface area contributed by atoms with Gasteiger partial charge in [-0.2, -0.15) is 0 Å². The number of halogens is 1. The zero-order valence-electron chi connectivity index (χ0n) is 7.09. The molecule has 3 heteroatoms. The molecule has 0 bridgehead atoms. The van der Waals surface area contributed by atoms with Crippen LogP contribution in [0, 0.1) is 5.92 Å². The molecule has 12 heavy (non-hydrogen) atoms. The fourth-order valence-electron chi connectivity index (χ4n) is 1.71. The first-order chi connectivity index (χ1) is 5.79. The third-order valence-electron chi connectivity index (χ3n) is 2.46. The standard InChI is InChI=1S/C9H12ClNO/c1-6-2-7(3-6)8-5-11-9(4-10)12-8/h5-7H,2-4H2,1H3. The van der Waals surface area contributed by atoms with E-state index in [9.17, 15) is 0 Å². The molecule has 1 heterocycles. The summed E-state index contributed by atoms with van der Waals surface area (Å²) in [6.45, 7) is 2.26. The summed E-state index contributed by atoms with van der Waals surface area (Å²) in [6.07, 6.45) is 4.28. The van der Waals surface area contributed by atoms with E-state index < -0.39 is 0 Å². The van der Waals surface area contributed by atoms with Crippen LogP contribution in [0.4, 0.5) is 0 Å². The SMILES string of the molecule is CC1CC(c2cnc(CCl)o2)C1. The molecule has 0 aromatic carbocycles. The molecule has 2 rings (SSSR count). The molecule has 0 unspecified atom stereocenters. The molecule has 1 aliphatic rings. The monoisotopic (exact) mass is 185 g/mol. The Hall–Kier alpha value is -0.500. The van der Waals surface area contributed by atoms with Gasteiger partial charge in [-0.25, -0.2) is 4.98 Å². The fraction of sp³-hybridized carbons (Fsp3) is 0.667. The van der Waals surface area contributed by atoms with Crippen molar-refractivity contribution in [1.82, 2.24) is 4.98 Å². The summed E-state index contributed by atoms with van der Waals surface area (Å²) in [6, 6.07) is 0. The first-order valence-corrected chi connectivity index (χ1v) is 4.83. The molecule has 0 aliphatic heterocycles. The second-order valence-electron chi connectivity index (χ2n) is 3.56. The van der Waals surface area contributed by atoms with E-state index in [-0.39, 0.29) is 0 Å². The summed E-state index contributed by atoms with van der Waals surface area (Å²) in [5.41, 5.74) is 0. The number of hydrogen-bond donors (Lipinski definition) is 0. The van der Waals surface area contributed by atoms with Crippen LogP contribution in [0.1, 0.15) is 37.3 Å². The van der Waals surface area contributed by atoms with E-state index in [2.05, 4.69) is 11.9 Å². The second-order valence-corrected chi connectivity index (χ2v) is 3.83. The molecule has 0 spiro atoms. The summed E-state index contributed by atoms with van der Waals surface area (Å²) in [4.78, 5) is 4.06. The summed E-state index contributed by atoms with van der Waals surface area (Å²) >= 11 is 5.58. The van der Waals surface area contributed by atoms with E-state index in [0.717, 1.165) is 11.7 Å². The Morgan fingerprint density at radius 2 is 2.42 bits per heavy atom. The number of aromatic nitrogens is 1. The molecule has 66 valence electrons. The predicted octanol–water partition coefficient (Wildman–Crippen LogP) is 2.93. The smallest absolute Gasteiger partial charge is 0.209 e. The first-order valence-electron chi connectivity index (χ1n) is 4.30. The maximum Gasteiger partial charge on any atom is 0.209 e. The molecule has 1 fully saturated rings. The lowest BCUT2D eigenvalue weighted by Gasteiger charge is -2.30. The van der Waals surface area contributed by atoms with Crippen molar-refractivity contribution in [1.29, 1.82) is 0 Å². The summed E-state index contributed by atoms with van der Waals surface area (Å²) in [5.74, 6) is 3.49. The van der Waals surface area contributed by atoms with E-state index in [1.807, 2.05) is 6.20 Å². The number of nitrogens with zero attached hydrogens (tertiary/aromatic N) is 1. The molecule has 1 aromatic rings. The van der Waals surface area contributed by atoms with Crippen LogP contribution in [-0.4, -0.2) is 4.98 Å². The van der Waals surface area contributed by atoms with Crippen LogP contribution in [-0.2, 0) is 5.88 Å². The van der Waals surface area contributed by atoms with Crippen LogP contribution in [0.15, 0.2) is 10.6 Å². The Labute approximate surface area is 76.9 Å². The fourth-order valence-corrected chi connectivity index (χ4v) is 1.83. The molecule has 0 amide bonds. The first kappa shape index (κ1) is 8.11. The van der Waals surface area contributed by atoms with Gasteiger partial charge in [-0.05, 0) is 18.8 Å². The van der Waals surface area contributed by atoms with E-state index >= 15 is 0 Å². The van der Waals surface area contributed by atoms with Gasteiger partial charge in [0.15, 0.2) is 0 Å². The van der Waals surface area contributed by atoms with Crippen molar-refractivity contribution in [2.45, 2.75) is 31.6 Å². The lowest BCUT2D eigenvalue weighted by atomic mass is 9.75. The van der Waals surface area contributed by atoms with Gasteiger partial charge in [0.1, 0.15) is 5.76 Å². The summed E-state index contributed by atoms with van der Waals surface area (Å²) < 4.78 is 5.44. The Balaban J connectivity index is 2.04. The largest absolute Gasteiger partial charge is 0.444 e. The van der Waals surface area contributed by atoms with E-state index in [1.165, 1.54) is 12.8 Å². The highest BCUT2D eigenvalue weighted by Gasteiger charge is 2.29. The maximum absolute atomic E-state index is 5.58. The van der Waals surface area contributed by atoms with Gasteiger partial charge in [-0.3, -0.25) is 0 Å². The Morgan fingerprint density at radius 1 is 1.67 bits per heavy atom. The molecular weight excluding hydrogens is 174 g/mol. The Kier molecular flexibility index (Phi) is 2.09. The van der Waals surface area contributed by atoms with Gasteiger partial charge in [0.05, 0.1) is 12.1 Å². The molecule has 1 aliphatic carbocycles. The maximum atomic E-state index is 5.58. The van der Waals surface area contributed by atoms with Gasteiger partial charge in [-0.15, -0.1) is 11.6 Å². The molecule has 0 atom stereocenters. The highest BCUT2D eigenvalue weighted by atomic mass is 35.5. The lowest BCUT2D eigenvalue weighted by molar-refractivity contribution is 0.250. The molecule has 0 N–H and O–H groups in total. The Bertz CT molecular complexity index is 265. The normalized spacial score (nSPS) is 28.5. The van der Waals surface area contributed by atoms with E-state index in [0.29, 0.717) is 17.7 Å². The average molecular weight is 186 g/mol. The van der Waals surface area contributed by atoms with Crippen molar-refractivity contribution in [2.24, 2.45) is 5.92 Å². The number of oxazole rings is 1. The lowest BCUT2D eigenvalue weighted by Crippen LogP contribution is -2.18. The van der Waals surface area contributed by atoms with Crippen LogP contribution < -0.4 is 0 Å². The predicted molar refractivity (Wildman–Crippen MR) is 47.2 cm³/mol. The minimum absolute atomic E-state index is 0.377. The van der Waals surface area contributed by atoms with Gasteiger partial charge >= 0.3 is 0 Å². The quantitative estimate of drug-likeness (QED) is 0.663. The molecule has 0 radical (unpaired) electrons. The molecule has 1 saturated carbocycles. The van der Waals surface area contributed by atoms with Gasteiger partial charge in [0.2, 0.25) is 5.89 Å². The number of alkyl halides is 1. The zero-order chi connectivity index (χ0) is 8.55. The zero-order valence-corrected chi connectivity index (χ0v) is 7.84. The topological polar surface area (TPSA) is 26.0 Å². The average Bonchev–Trinajstić information content (AvgIpc) is 2.46. The van der Waals surface area contributed by atoms with Crippen LogP contribution in [0.3, 0.4) is 0 Å². The second kappa shape index (κ2) is 3.09. The van der Waals surface area contributed by atoms with Crippen LogP contribution >= 0.6 is 11.6 Å². The summed E-state index contributed by atoms with van der Waals surface area (Å²) in [5, 5.41) is 0. The minimum atomic E-state index is 0.377. The summed E-state index contributed by atoms with van der Waals surface area (Å²) in [7, 11) is 0. The third kappa shape index (κ3) is 1.36. The molecule has 1 aromatic heterocycles. The van der Waals surface area contributed by atoms with Crippen molar-refractivity contribution >= 4 is 11.6 Å². The van der Waals surface area contributed by atoms with Crippen LogP contribution in [0.5, 0.6) is 0 Å². The molecule has 0 saturated heterocycles. The highest BCUT2D eigenvalue weighted by molar-refractivity contribution is 6.16. The van der Waals surface area contributed by atoms with Crippen molar-refractivity contribution in [3.05, 3.63) is 17.8 Å². The number of hydrogen-bond acceptors (Lipinski definition) is 2. The Morgan fingerprint density at radius 3 is 2.92 bits per heavy atom. The van der Waals surface area contributed by atoms with Gasteiger partial charge < -0.3 is 4.42 Å². The van der Waals surface area contributed by atoms with Gasteiger partial charge in [0, 0.05) is 5.92 Å². The van der Waals surface area contributed by atoms with E-state index in [1.54, 1.807) is 0 Å². The van der Waals surface area contributed by atoms with E-state index in [4.69, 9.17) is 16.0 Å². The van der Waals surface area contributed by atoms with Crippen molar-refractivity contribution < 1.29 is 4.42 Å².